The van der Waals surface area contributed by atoms with Crippen LogP contribution in [0.25, 0.3) is 0 Å². The van der Waals surface area contributed by atoms with E-state index in [-0.39, 0.29) is 18.1 Å². The number of alkyl halides is 6. The molecule has 2 aliphatic rings. The molecule has 3 atom stereocenters. The van der Waals surface area contributed by atoms with Gasteiger partial charge in [-0.1, -0.05) is 0 Å². The SMILES string of the molecule is Cc1csc(CN2CC[C@H]3C[C@H](C(=O)Nc4cccnc4)O[C@H]3C2)n1.O=C(O)C(F)(F)F.O=C(O)C(F)(F)F. The van der Waals surface area contributed by atoms with Crippen LogP contribution in [0.1, 0.15) is 23.5 Å². The van der Waals surface area contributed by atoms with Crippen LogP contribution in [0.5, 0.6) is 0 Å². The van der Waals surface area contributed by atoms with Crippen molar-refractivity contribution in [3.05, 3.63) is 40.6 Å². The highest BCUT2D eigenvalue weighted by molar-refractivity contribution is 7.09. The van der Waals surface area contributed by atoms with Crippen molar-refractivity contribution in [3.63, 3.8) is 0 Å². The van der Waals surface area contributed by atoms with E-state index in [2.05, 4.69) is 25.6 Å². The molecule has 39 heavy (non-hydrogen) atoms. The van der Waals surface area contributed by atoms with E-state index in [0.29, 0.717) is 11.6 Å². The number of thiazole rings is 1. The zero-order valence-corrected chi connectivity index (χ0v) is 21.0. The Morgan fingerprint density at radius 2 is 1.77 bits per heavy atom. The number of rotatable bonds is 4. The average molecular weight is 587 g/mol. The van der Waals surface area contributed by atoms with Gasteiger partial charge in [-0.3, -0.25) is 14.7 Å². The summed E-state index contributed by atoms with van der Waals surface area (Å²) in [5, 5.41) is 20.4. The molecule has 4 heterocycles. The molecule has 2 fully saturated rings. The number of ether oxygens (including phenoxy) is 1. The van der Waals surface area contributed by atoms with Crippen LogP contribution in [0.2, 0.25) is 0 Å². The summed E-state index contributed by atoms with van der Waals surface area (Å²) in [6.07, 6.45) is -5.17. The standard InChI is InChI=1S/C18H22N4O2S.2C2HF3O2/c1-12-11-25-17(20-12)10-22-6-4-13-7-15(24-16(13)9-22)18(23)21-14-3-2-5-19-8-14;2*3-2(4,5)1(6)7/h2-3,5,8,11,13,15-16H,4,6-7,9-10H2,1H3,(H,21,23);2*(H,6,7)/t13-,15+,16-;;/m0../s1. The van der Waals surface area contributed by atoms with E-state index in [1.807, 2.05) is 19.1 Å². The topological polar surface area (TPSA) is 142 Å². The van der Waals surface area contributed by atoms with Gasteiger partial charge in [0.2, 0.25) is 0 Å². The summed E-state index contributed by atoms with van der Waals surface area (Å²) in [4.78, 5) is 41.2. The van der Waals surface area contributed by atoms with Gasteiger partial charge in [0.1, 0.15) is 11.1 Å². The summed E-state index contributed by atoms with van der Waals surface area (Å²) in [7, 11) is 0. The average Bonchev–Trinajstić information content (AvgIpc) is 3.45. The molecule has 0 aliphatic carbocycles. The lowest BCUT2D eigenvalue weighted by Gasteiger charge is -2.33. The third-order valence-electron chi connectivity index (χ3n) is 5.37. The number of carbonyl (C=O) groups is 3. The number of anilines is 1. The number of carbonyl (C=O) groups excluding carboxylic acids is 1. The number of nitrogens with one attached hydrogen (secondary N) is 1. The third kappa shape index (κ3) is 10.8. The highest BCUT2D eigenvalue weighted by Crippen LogP contribution is 2.34. The van der Waals surface area contributed by atoms with Crippen LogP contribution in [-0.4, -0.2) is 80.6 Å². The van der Waals surface area contributed by atoms with E-state index in [1.54, 1.807) is 23.7 Å². The molecule has 0 unspecified atom stereocenters. The summed E-state index contributed by atoms with van der Waals surface area (Å²) in [6, 6.07) is 3.65. The number of nitrogens with zero attached hydrogens (tertiary/aromatic N) is 3. The quantitative estimate of drug-likeness (QED) is 0.457. The number of aliphatic carboxylic acids is 2. The molecule has 3 N–H and O–H groups in total. The van der Waals surface area contributed by atoms with Crippen LogP contribution >= 0.6 is 11.3 Å². The molecule has 0 radical (unpaired) electrons. The van der Waals surface area contributed by atoms with Gasteiger partial charge in [-0.05, 0) is 44.4 Å². The number of likely N-dealkylation sites (tertiary alicyclic amines) is 1. The van der Waals surface area contributed by atoms with E-state index in [1.165, 1.54) is 0 Å². The Bertz CT molecular complexity index is 1090. The molecule has 0 aromatic carbocycles. The van der Waals surface area contributed by atoms with Gasteiger partial charge >= 0.3 is 24.3 Å². The lowest BCUT2D eigenvalue weighted by molar-refractivity contribution is -0.193. The third-order valence-corrected chi connectivity index (χ3v) is 6.32. The molecule has 2 aromatic rings. The maximum atomic E-state index is 12.4. The number of pyridine rings is 1. The molecule has 10 nitrogen and oxygen atoms in total. The van der Waals surface area contributed by atoms with Gasteiger partial charge in [0.25, 0.3) is 5.91 Å². The van der Waals surface area contributed by atoms with E-state index < -0.39 is 24.3 Å². The van der Waals surface area contributed by atoms with Crippen LogP contribution in [0.4, 0.5) is 32.0 Å². The predicted molar refractivity (Wildman–Crippen MR) is 124 cm³/mol. The van der Waals surface area contributed by atoms with Crippen LogP contribution in [-0.2, 0) is 25.7 Å². The second-order valence-electron chi connectivity index (χ2n) is 8.40. The summed E-state index contributed by atoms with van der Waals surface area (Å²) >= 11 is 1.71. The summed E-state index contributed by atoms with van der Waals surface area (Å²) in [6.45, 7) is 4.81. The Morgan fingerprint density at radius 1 is 1.15 bits per heavy atom. The van der Waals surface area contributed by atoms with Crippen LogP contribution in [0, 0.1) is 12.8 Å². The van der Waals surface area contributed by atoms with Gasteiger partial charge in [0.05, 0.1) is 24.5 Å². The van der Waals surface area contributed by atoms with Crippen molar-refractivity contribution in [2.45, 2.75) is 50.9 Å². The van der Waals surface area contributed by atoms with Gasteiger partial charge in [0.15, 0.2) is 0 Å². The fourth-order valence-corrected chi connectivity index (χ4v) is 4.45. The second-order valence-corrected chi connectivity index (χ2v) is 9.34. The number of aryl methyl sites for hydroxylation is 1. The maximum absolute atomic E-state index is 12.4. The van der Waals surface area contributed by atoms with Crippen molar-refractivity contribution < 1.29 is 55.7 Å². The molecule has 2 aromatic heterocycles. The van der Waals surface area contributed by atoms with Gasteiger partial charge in [-0.25, -0.2) is 14.6 Å². The Kier molecular flexibility index (Phi) is 11.2. The molecule has 2 aliphatic heterocycles. The Labute approximate surface area is 221 Å². The number of aromatic nitrogens is 2. The van der Waals surface area contributed by atoms with Crippen molar-refractivity contribution in [2.75, 3.05) is 18.4 Å². The fourth-order valence-electron chi connectivity index (χ4n) is 3.63. The zero-order valence-electron chi connectivity index (χ0n) is 20.2. The minimum Gasteiger partial charge on any atom is -0.475 e. The molecule has 1 amide bonds. The molecule has 0 spiro atoms. The summed E-state index contributed by atoms with van der Waals surface area (Å²) < 4.78 is 69.6. The molecular formula is C22H24F6N4O6S. The van der Waals surface area contributed by atoms with Crippen molar-refractivity contribution >= 4 is 34.9 Å². The van der Waals surface area contributed by atoms with Crippen LogP contribution in [0.3, 0.4) is 0 Å². The van der Waals surface area contributed by atoms with Gasteiger partial charge in [0, 0.05) is 23.8 Å². The number of halogens is 6. The number of hydrogen-bond acceptors (Lipinski definition) is 8. The fraction of sp³-hybridized carbons (Fsp3) is 0.500. The minimum atomic E-state index is -5.08. The van der Waals surface area contributed by atoms with Crippen molar-refractivity contribution in [1.29, 1.82) is 0 Å². The van der Waals surface area contributed by atoms with E-state index in [0.717, 1.165) is 43.2 Å². The maximum Gasteiger partial charge on any atom is 0.490 e. The van der Waals surface area contributed by atoms with E-state index in [9.17, 15) is 31.1 Å². The number of piperidine rings is 1. The van der Waals surface area contributed by atoms with Gasteiger partial charge < -0.3 is 20.3 Å². The van der Waals surface area contributed by atoms with Crippen molar-refractivity contribution in [3.8, 4) is 0 Å². The first-order valence-electron chi connectivity index (χ1n) is 11.2. The smallest absolute Gasteiger partial charge is 0.475 e. The molecule has 216 valence electrons. The molecule has 0 saturated carbocycles. The normalized spacial score (nSPS) is 20.9. The molecule has 17 heteroatoms. The van der Waals surface area contributed by atoms with Crippen molar-refractivity contribution in [1.82, 2.24) is 14.9 Å². The van der Waals surface area contributed by atoms with Gasteiger partial charge in [-0.15, -0.1) is 11.3 Å². The minimum absolute atomic E-state index is 0.0653. The second kappa shape index (κ2) is 13.7. The van der Waals surface area contributed by atoms with Crippen LogP contribution < -0.4 is 5.32 Å². The zero-order chi connectivity index (χ0) is 29.4. The molecule has 4 rings (SSSR count). The number of hydrogen-bond donors (Lipinski definition) is 3. The van der Waals surface area contributed by atoms with Crippen LogP contribution in [0.15, 0.2) is 29.9 Å². The Balaban J connectivity index is 0.000000317. The lowest BCUT2D eigenvalue weighted by atomic mass is 9.91. The lowest BCUT2D eigenvalue weighted by Crippen LogP contribution is -2.41. The molecule has 2 saturated heterocycles. The highest BCUT2D eigenvalue weighted by Gasteiger charge is 2.42. The molecular weight excluding hydrogens is 562 g/mol. The first-order valence-corrected chi connectivity index (χ1v) is 12.0. The Morgan fingerprint density at radius 3 is 2.26 bits per heavy atom. The predicted octanol–water partition coefficient (Wildman–Crippen LogP) is 3.73. The largest absolute Gasteiger partial charge is 0.490 e. The van der Waals surface area contributed by atoms with E-state index >= 15 is 0 Å². The number of carboxylic acid groups (broad SMARTS) is 2. The van der Waals surface area contributed by atoms with E-state index in [4.69, 9.17) is 24.5 Å². The van der Waals surface area contributed by atoms with Crippen molar-refractivity contribution in [2.24, 2.45) is 5.92 Å². The number of amides is 1. The first-order chi connectivity index (χ1) is 18.1. The highest BCUT2D eigenvalue weighted by atomic mass is 32.1. The number of carboxylic acids is 2. The number of fused-ring (bicyclic) bond motifs is 1. The van der Waals surface area contributed by atoms with Gasteiger partial charge in [-0.2, -0.15) is 26.3 Å². The summed E-state index contributed by atoms with van der Waals surface area (Å²) in [5.74, 6) is -5.11. The Hall–Kier alpha value is -3.31. The first kappa shape index (κ1) is 31.9. The monoisotopic (exact) mass is 586 g/mol. The summed E-state index contributed by atoms with van der Waals surface area (Å²) in [5.41, 5.74) is 1.80. The molecule has 0 bridgehead atoms.